The second-order valence-corrected chi connectivity index (χ2v) is 6.33. The summed E-state index contributed by atoms with van der Waals surface area (Å²) in [6.07, 6.45) is 0. The molecule has 0 heterocycles. The van der Waals surface area contributed by atoms with Crippen LogP contribution in [0.3, 0.4) is 0 Å². The molecule has 0 amide bonds. The van der Waals surface area contributed by atoms with Crippen LogP contribution < -0.4 is 0 Å². The third-order valence-corrected chi connectivity index (χ3v) is 4.02. The molecule has 0 saturated heterocycles. The van der Waals surface area contributed by atoms with Gasteiger partial charge in [0.15, 0.2) is 0 Å². The second-order valence-electron chi connectivity index (χ2n) is 6.33. The van der Waals surface area contributed by atoms with E-state index in [9.17, 15) is 0 Å². The highest BCUT2D eigenvalue weighted by Crippen LogP contribution is 2.29. The molecule has 0 radical (unpaired) electrons. The third kappa shape index (κ3) is 3.12. The van der Waals surface area contributed by atoms with E-state index in [1.165, 1.54) is 44.5 Å². The van der Waals surface area contributed by atoms with Crippen molar-refractivity contribution >= 4 is 0 Å². The first kappa shape index (κ1) is 14.6. The fraction of sp³-hybridized carbons (Fsp3) is 0.182. The lowest BCUT2D eigenvalue weighted by Gasteiger charge is -2.10. The number of hydrogen-bond acceptors (Lipinski definition) is 0. The zero-order valence-electron chi connectivity index (χ0n) is 13.8. The molecule has 110 valence electrons. The molecule has 0 bridgehead atoms. The Balaban J connectivity index is 2.12. The summed E-state index contributed by atoms with van der Waals surface area (Å²) in [5.74, 6) is 0. The van der Waals surface area contributed by atoms with Crippen LogP contribution in [0.5, 0.6) is 0 Å². The molecule has 0 aliphatic carbocycles. The first-order valence-electron chi connectivity index (χ1n) is 7.79. The van der Waals surface area contributed by atoms with Crippen LogP contribution in [0.15, 0.2) is 60.7 Å². The Morgan fingerprint density at radius 2 is 0.773 bits per heavy atom. The summed E-state index contributed by atoms with van der Waals surface area (Å²) in [5, 5.41) is 0. The van der Waals surface area contributed by atoms with E-state index in [1.54, 1.807) is 0 Å². The van der Waals surface area contributed by atoms with Crippen LogP contribution >= 0.6 is 0 Å². The van der Waals surface area contributed by atoms with Crippen LogP contribution in [0.2, 0.25) is 0 Å². The zero-order valence-corrected chi connectivity index (χ0v) is 13.8. The van der Waals surface area contributed by atoms with Crippen molar-refractivity contribution in [2.75, 3.05) is 0 Å². The Hall–Kier alpha value is -2.34. The maximum absolute atomic E-state index is 2.30. The van der Waals surface area contributed by atoms with E-state index in [1.807, 2.05) is 0 Å². The molecule has 0 N–H and O–H groups in total. The van der Waals surface area contributed by atoms with E-state index in [0.29, 0.717) is 0 Å². The minimum absolute atomic E-state index is 1.28. The SMILES string of the molecule is Cc1ccc(-c2cc(C)cc(-c3cc(C)cc(C)c3)c2)cc1. The zero-order chi connectivity index (χ0) is 15.7. The Labute approximate surface area is 133 Å². The first-order chi connectivity index (χ1) is 10.5. The lowest BCUT2D eigenvalue weighted by Crippen LogP contribution is -1.87. The largest absolute Gasteiger partial charge is 0.0587 e. The van der Waals surface area contributed by atoms with Crippen molar-refractivity contribution in [1.29, 1.82) is 0 Å². The lowest BCUT2D eigenvalue weighted by atomic mass is 9.94. The predicted molar refractivity (Wildman–Crippen MR) is 96.3 cm³/mol. The smallest absolute Gasteiger partial charge is 0.0175 e. The molecule has 0 fully saturated rings. The molecule has 3 rings (SSSR count). The van der Waals surface area contributed by atoms with Gasteiger partial charge in [-0.25, -0.2) is 0 Å². The Morgan fingerprint density at radius 1 is 0.364 bits per heavy atom. The van der Waals surface area contributed by atoms with Crippen LogP contribution in [-0.2, 0) is 0 Å². The summed E-state index contributed by atoms with van der Waals surface area (Å²) >= 11 is 0. The molecule has 3 aromatic carbocycles. The molecule has 0 heteroatoms. The van der Waals surface area contributed by atoms with Gasteiger partial charge in [0.1, 0.15) is 0 Å². The highest BCUT2D eigenvalue weighted by molar-refractivity contribution is 5.74. The van der Waals surface area contributed by atoms with Gasteiger partial charge >= 0.3 is 0 Å². The third-order valence-electron chi connectivity index (χ3n) is 4.02. The normalized spacial score (nSPS) is 10.7. The number of benzene rings is 3. The van der Waals surface area contributed by atoms with Gasteiger partial charge in [-0.3, -0.25) is 0 Å². The van der Waals surface area contributed by atoms with Crippen LogP contribution in [-0.4, -0.2) is 0 Å². The predicted octanol–water partition coefficient (Wildman–Crippen LogP) is 6.25. The highest BCUT2D eigenvalue weighted by atomic mass is 14.1. The summed E-state index contributed by atoms with van der Waals surface area (Å²) in [5.41, 5.74) is 10.4. The highest BCUT2D eigenvalue weighted by Gasteiger charge is 2.05. The molecule has 22 heavy (non-hydrogen) atoms. The monoisotopic (exact) mass is 286 g/mol. The molecule has 0 spiro atoms. The van der Waals surface area contributed by atoms with Crippen molar-refractivity contribution in [3.05, 3.63) is 82.9 Å². The fourth-order valence-corrected chi connectivity index (χ4v) is 3.00. The van der Waals surface area contributed by atoms with Crippen molar-refractivity contribution in [2.24, 2.45) is 0 Å². The van der Waals surface area contributed by atoms with Gasteiger partial charge < -0.3 is 0 Å². The molecule has 0 nitrogen and oxygen atoms in total. The molecule has 0 atom stereocenters. The summed E-state index contributed by atoms with van der Waals surface area (Å²) < 4.78 is 0. The summed E-state index contributed by atoms with van der Waals surface area (Å²) in [6, 6.07) is 22.3. The molecular formula is C22H22. The molecule has 0 aliphatic rings. The van der Waals surface area contributed by atoms with E-state index >= 15 is 0 Å². The maximum atomic E-state index is 2.30. The Kier molecular flexibility index (Phi) is 3.85. The van der Waals surface area contributed by atoms with Gasteiger partial charge in [-0.15, -0.1) is 0 Å². The summed E-state index contributed by atoms with van der Waals surface area (Å²) in [6.45, 7) is 8.62. The van der Waals surface area contributed by atoms with Crippen molar-refractivity contribution in [3.8, 4) is 22.3 Å². The molecule has 3 aromatic rings. The minimum atomic E-state index is 1.28. The Bertz CT molecular complexity index is 788. The van der Waals surface area contributed by atoms with Crippen LogP contribution in [0.1, 0.15) is 22.3 Å². The summed E-state index contributed by atoms with van der Waals surface area (Å²) in [7, 11) is 0. The summed E-state index contributed by atoms with van der Waals surface area (Å²) in [4.78, 5) is 0. The average Bonchev–Trinajstić information content (AvgIpc) is 2.46. The van der Waals surface area contributed by atoms with Gasteiger partial charge in [0.25, 0.3) is 0 Å². The van der Waals surface area contributed by atoms with E-state index < -0.39 is 0 Å². The van der Waals surface area contributed by atoms with Gasteiger partial charge in [-0.1, -0.05) is 71.3 Å². The van der Waals surface area contributed by atoms with E-state index in [2.05, 4.69) is 88.4 Å². The van der Waals surface area contributed by atoms with Gasteiger partial charge in [-0.05, 0) is 61.6 Å². The average molecular weight is 286 g/mol. The maximum Gasteiger partial charge on any atom is -0.0175 e. The minimum Gasteiger partial charge on any atom is -0.0587 e. The molecule has 0 aliphatic heterocycles. The van der Waals surface area contributed by atoms with Crippen molar-refractivity contribution in [1.82, 2.24) is 0 Å². The molecule has 0 unspecified atom stereocenters. The Morgan fingerprint density at radius 3 is 1.32 bits per heavy atom. The molecule has 0 aromatic heterocycles. The first-order valence-corrected chi connectivity index (χ1v) is 7.79. The van der Waals surface area contributed by atoms with Crippen LogP contribution in [0.25, 0.3) is 22.3 Å². The second kappa shape index (κ2) is 5.81. The van der Waals surface area contributed by atoms with E-state index in [-0.39, 0.29) is 0 Å². The fourth-order valence-electron chi connectivity index (χ4n) is 3.00. The van der Waals surface area contributed by atoms with Crippen molar-refractivity contribution in [2.45, 2.75) is 27.7 Å². The number of rotatable bonds is 2. The standard InChI is InChI=1S/C22H22/c1-15-5-7-19(8-6-15)21-12-18(4)13-22(14-21)20-10-16(2)9-17(3)11-20/h5-14H,1-4H3. The van der Waals surface area contributed by atoms with Gasteiger partial charge in [0.2, 0.25) is 0 Å². The number of aryl methyl sites for hydroxylation is 4. The van der Waals surface area contributed by atoms with Crippen LogP contribution in [0, 0.1) is 27.7 Å². The van der Waals surface area contributed by atoms with Gasteiger partial charge in [-0.2, -0.15) is 0 Å². The van der Waals surface area contributed by atoms with Crippen molar-refractivity contribution < 1.29 is 0 Å². The topological polar surface area (TPSA) is 0 Å². The van der Waals surface area contributed by atoms with E-state index in [0.717, 1.165) is 0 Å². The van der Waals surface area contributed by atoms with E-state index in [4.69, 9.17) is 0 Å². The molecule has 0 saturated carbocycles. The quantitative estimate of drug-likeness (QED) is 0.522. The van der Waals surface area contributed by atoms with Crippen molar-refractivity contribution in [3.63, 3.8) is 0 Å². The van der Waals surface area contributed by atoms with Gasteiger partial charge in [0.05, 0.1) is 0 Å². The van der Waals surface area contributed by atoms with Crippen LogP contribution in [0.4, 0.5) is 0 Å². The molecular weight excluding hydrogens is 264 g/mol. The number of hydrogen-bond donors (Lipinski definition) is 0. The lowest BCUT2D eigenvalue weighted by molar-refractivity contribution is 1.37. The van der Waals surface area contributed by atoms with Gasteiger partial charge in [0, 0.05) is 0 Å².